The predicted molar refractivity (Wildman–Crippen MR) is 51.9 cm³/mol. The molecule has 0 amide bonds. The number of rotatable bonds is 6. The zero-order chi connectivity index (χ0) is 11.0. The van der Waals surface area contributed by atoms with Gasteiger partial charge in [-0.2, -0.15) is 0 Å². The normalized spacial score (nSPS) is 10.6. The Morgan fingerprint density at radius 3 is 2.71 bits per heavy atom. The van der Waals surface area contributed by atoms with Crippen molar-refractivity contribution < 1.29 is 17.9 Å². The third kappa shape index (κ3) is 6.46. The molecule has 0 atom stereocenters. The molecule has 0 aliphatic heterocycles. The van der Waals surface area contributed by atoms with E-state index in [0.717, 1.165) is 0 Å². The second-order valence-electron chi connectivity index (χ2n) is 2.40. The van der Waals surface area contributed by atoms with Crippen molar-refractivity contribution in [1.29, 1.82) is 0 Å². The van der Waals surface area contributed by atoms with Crippen LogP contribution >= 0.6 is 0 Å². The summed E-state index contributed by atoms with van der Waals surface area (Å²) < 4.78 is 28.9. The lowest BCUT2D eigenvalue weighted by molar-refractivity contribution is -0.142. The lowest BCUT2D eigenvalue weighted by Gasteiger charge is -2.03. The van der Waals surface area contributed by atoms with Gasteiger partial charge in [0.05, 0.1) is 25.3 Å². The number of hydrogen-bond donors (Lipinski definition) is 1. The molecule has 80 valence electrons. The molecular weight excluding hydrogens is 206 g/mol. The van der Waals surface area contributed by atoms with Gasteiger partial charge in [-0.25, -0.2) is 13.1 Å². The molecule has 0 fully saturated rings. The fourth-order valence-corrected chi connectivity index (χ4v) is 1.56. The minimum Gasteiger partial charge on any atom is -0.466 e. The van der Waals surface area contributed by atoms with Crippen LogP contribution in [0.25, 0.3) is 0 Å². The molecule has 0 radical (unpaired) electrons. The van der Waals surface area contributed by atoms with Crippen LogP contribution in [0.3, 0.4) is 0 Å². The van der Waals surface area contributed by atoms with Gasteiger partial charge in [0, 0.05) is 0 Å². The van der Waals surface area contributed by atoms with Crippen LogP contribution in [0.4, 0.5) is 0 Å². The number of ether oxygens (including phenoxy) is 1. The van der Waals surface area contributed by atoms with Gasteiger partial charge in [0.1, 0.15) is 0 Å². The van der Waals surface area contributed by atoms with Crippen molar-refractivity contribution >= 4 is 16.0 Å². The molecule has 0 aromatic heterocycles. The van der Waals surface area contributed by atoms with E-state index < -0.39 is 16.0 Å². The number of terminal acetylenes is 1. The van der Waals surface area contributed by atoms with Crippen molar-refractivity contribution in [2.45, 2.75) is 13.3 Å². The lowest BCUT2D eigenvalue weighted by Crippen LogP contribution is -2.28. The van der Waals surface area contributed by atoms with Gasteiger partial charge in [0.15, 0.2) is 0 Å². The topological polar surface area (TPSA) is 72.5 Å². The van der Waals surface area contributed by atoms with Crippen molar-refractivity contribution in [2.24, 2.45) is 0 Å². The Kier molecular flexibility index (Phi) is 5.92. The second-order valence-corrected chi connectivity index (χ2v) is 4.33. The SMILES string of the molecule is C#CCNS(=O)(=O)CCC(=O)OCC. The standard InChI is InChI=1S/C8H13NO4S/c1-3-6-9-14(11,12)7-5-8(10)13-4-2/h1,9H,4-7H2,2H3. The first-order valence-electron chi connectivity index (χ1n) is 4.08. The fraction of sp³-hybridized carbons (Fsp3) is 0.625. The van der Waals surface area contributed by atoms with Gasteiger partial charge in [0.25, 0.3) is 0 Å². The number of esters is 1. The Morgan fingerprint density at radius 1 is 1.57 bits per heavy atom. The number of carbonyl (C=O) groups excluding carboxylic acids is 1. The van der Waals surface area contributed by atoms with Crippen molar-refractivity contribution in [3.8, 4) is 12.3 Å². The third-order valence-electron chi connectivity index (χ3n) is 1.27. The number of nitrogens with one attached hydrogen (secondary N) is 1. The van der Waals surface area contributed by atoms with E-state index in [-0.39, 0.29) is 25.3 Å². The molecule has 0 saturated heterocycles. The third-order valence-corrected chi connectivity index (χ3v) is 2.60. The van der Waals surface area contributed by atoms with Gasteiger partial charge in [-0.3, -0.25) is 4.79 Å². The minimum atomic E-state index is -3.45. The van der Waals surface area contributed by atoms with Gasteiger partial charge < -0.3 is 4.74 Å². The summed E-state index contributed by atoms with van der Waals surface area (Å²) in [6.07, 6.45) is 4.71. The van der Waals surface area contributed by atoms with E-state index in [1.165, 1.54) is 0 Å². The van der Waals surface area contributed by atoms with E-state index in [1.54, 1.807) is 6.92 Å². The van der Waals surface area contributed by atoms with Crippen LogP contribution in [-0.4, -0.2) is 33.3 Å². The highest BCUT2D eigenvalue weighted by Gasteiger charge is 2.12. The van der Waals surface area contributed by atoms with Crippen molar-refractivity contribution in [3.63, 3.8) is 0 Å². The van der Waals surface area contributed by atoms with E-state index in [1.807, 2.05) is 0 Å². The van der Waals surface area contributed by atoms with Crippen molar-refractivity contribution in [1.82, 2.24) is 4.72 Å². The summed E-state index contributed by atoms with van der Waals surface area (Å²) in [6, 6.07) is 0. The number of carbonyl (C=O) groups is 1. The molecule has 0 bridgehead atoms. The quantitative estimate of drug-likeness (QED) is 0.482. The Balaban J connectivity index is 3.89. The van der Waals surface area contributed by atoms with Gasteiger partial charge in [-0.05, 0) is 6.92 Å². The number of hydrogen-bond acceptors (Lipinski definition) is 4. The predicted octanol–water partition coefficient (Wildman–Crippen LogP) is -0.508. The Morgan fingerprint density at radius 2 is 2.21 bits per heavy atom. The van der Waals surface area contributed by atoms with Crippen LogP contribution in [0, 0.1) is 12.3 Å². The van der Waals surface area contributed by atoms with Crippen LogP contribution in [0.1, 0.15) is 13.3 Å². The van der Waals surface area contributed by atoms with Crippen LogP contribution < -0.4 is 4.72 Å². The van der Waals surface area contributed by atoms with Crippen LogP contribution in [0.2, 0.25) is 0 Å². The molecule has 14 heavy (non-hydrogen) atoms. The van der Waals surface area contributed by atoms with E-state index in [2.05, 4.69) is 15.4 Å². The van der Waals surface area contributed by atoms with Crippen LogP contribution in [0.15, 0.2) is 0 Å². The first-order chi connectivity index (χ1) is 6.52. The average Bonchev–Trinajstić information content (AvgIpc) is 2.13. The lowest BCUT2D eigenvalue weighted by atomic mass is 10.5. The van der Waals surface area contributed by atoms with Gasteiger partial charge >= 0.3 is 5.97 Å². The summed E-state index contributed by atoms with van der Waals surface area (Å²) in [4.78, 5) is 10.8. The summed E-state index contributed by atoms with van der Waals surface area (Å²) in [5.74, 6) is 1.30. The van der Waals surface area contributed by atoms with E-state index >= 15 is 0 Å². The molecule has 0 saturated carbocycles. The maximum absolute atomic E-state index is 11.1. The first-order valence-corrected chi connectivity index (χ1v) is 5.73. The summed E-state index contributed by atoms with van der Waals surface area (Å²) in [5, 5.41) is 0. The molecule has 5 nitrogen and oxygen atoms in total. The zero-order valence-electron chi connectivity index (χ0n) is 7.95. The summed E-state index contributed by atoms with van der Waals surface area (Å²) in [5.41, 5.74) is 0. The van der Waals surface area contributed by atoms with E-state index in [4.69, 9.17) is 6.42 Å². The van der Waals surface area contributed by atoms with Gasteiger partial charge in [0.2, 0.25) is 10.0 Å². The maximum Gasteiger partial charge on any atom is 0.306 e. The van der Waals surface area contributed by atoms with Gasteiger partial charge in [-0.1, -0.05) is 5.92 Å². The molecule has 6 heteroatoms. The molecule has 0 rings (SSSR count). The Hall–Kier alpha value is -1.06. The van der Waals surface area contributed by atoms with Crippen LogP contribution in [0.5, 0.6) is 0 Å². The fourth-order valence-electron chi connectivity index (χ4n) is 0.675. The molecular formula is C8H13NO4S. The van der Waals surface area contributed by atoms with E-state index in [0.29, 0.717) is 0 Å². The molecule has 0 aliphatic carbocycles. The largest absolute Gasteiger partial charge is 0.466 e. The van der Waals surface area contributed by atoms with E-state index in [9.17, 15) is 13.2 Å². The smallest absolute Gasteiger partial charge is 0.306 e. The molecule has 0 heterocycles. The molecule has 0 aliphatic rings. The first kappa shape index (κ1) is 12.9. The summed E-state index contributed by atoms with van der Waals surface area (Å²) >= 11 is 0. The summed E-state index contributed by atoms with van der Waals surface area (Å²) in [6.45, 7) is 1.84. The number of sulfonamides is 1. The van der Waals surface area contributed by atoms with Gasteiger partial charge in [-0.15, -0.1) is 6.42 Å². The van der Waals surface area contributed by atoms with Crippen molar-refractivity contribution in [2.75, 3.05) is 18.9 Å². The average molecular weight is 219 g/mol. The minimum absolute atomic E-state index is 0.0643. The molecule has 0 aromatic rings. The zero-order valence-corrected chi connectivity index (χ0v) is 8.76. The summed E-state index contributed by atoms with van der Waals surface area (Å²) in [7, 11) is -3.45. The maximum atomic E-state index is 11.1. The molecule has 1 N–H and O–H groups in total. The Bertz CT molecular complexity index is 315. The second kappa shape index (κ2) is 6.40. The van der Waals surface area contributed by atoms with Crippen LogP contribution in [-0.2, 0) is 19.6 Å². The molecule has 0 spiro atoms. The monoisotopic (exact) mass is 219 g/mol. The van der Waals surface area contributed by atoms with Crippen molar-refractivity contribution in [3.05, 3.63) is 0 Å². The molecule has 0 unspecified atom stereocenters. The Labute approximate surface area is 83.9 Å². The highest BCUT2D eigenvalue weighted by atomic mass is 32.2. The highest BCUT2D eigenvalue weighted by molar-refractivity contribution is 7.89. The molecule has 0 aromatic carbocycles. The highest BCUT2D eigenvalue weighted by Crippen LogP contribution is 1.92.